The number of hydrogen-bond acceptors (Lipinski definition) is 3. The van der Waals surface area contributed by atoms with Gasteiger partial charge in [0.05, 0.1) is 0 Å². The monoisotopic (exact) mass is 279 g/mol. The van der Waals surface area contributed by atoms with Crippen LogP contribution in [0.5, 0.6) is 0 Å². The zero-order valence-electron chi connectivity index (χ0n) is 13.3. The maximum atomic E-state index is 3.70. The van der Waals surface area contributed by atoms with Gasteiger partial charge < -0.3 is 10.2 Å². The van der Waals surface area contributed by atoms with E-state index < -0.39 is 0 Å². The van der Waals surface area contributed by atoms with Crippen molar-refractivity contribution in [3.63, 3.8) is 0 Å². The van der Waals surface area contributed by atoms with Crippen LogP contribution in [0.15, 0.2) is 0 Å². The summed E-state index contributed by atoms with van der Waals surface area (Å²) < 4.78 is 0. The van der Waals surface area contributed by atoms with Crippen molar-refractivity contribution in [3.05, 3.63) is 0 Å². The van der Waals surface area contributed by atoms with E-state index in [0.717, 1.165) is 18.0 Å². The zero-order valence-corrected chi connectivity index (χ0v) is 13.3. The number of nitrogens with one attached hydrogen (secondary N) is 1. The molecule has 0 aromatic heterocycles. The van der Waals surface area contributed by atoms with Gasteiger partial charge in [0.25, 0.3) is 0 Å². The van der Waals surface area contributed by atoms with E-state index in [0.29, 0.717) is 0 Å². The Morgan fingerprint density at radius 3 is 2.45 bits per heavy atom. The summed E-state index contributed by atoms with van der Waals surface area (Å²) in [5.41, 5.74) is 0. The van der Waals surface area contributed by atoms with E-state index >= 15 is 0 Å². The molecule has 0 aromatic rings. The molecule has 1 saturated carbocycles. The Balaban J connectivity index is 1.49. The zero-order chi connectivity index (χ0) is 13.8. The number of likely N-dealkylation sites (tertiary alicyclic amines) is 1. The molecule has 0 aromatic carbocycles. The average Bonchev–Trinajstić information content (AvgIpc) is 3.13. The van der Waals surface area contributed by atoms with Crippen LogP contribution in [0.2, 0.25) is 0 Å². The van der Waals surface area contributed by atoms with Crippen molar-refractivity contribution in [2.75, 3.05) is 39.3 Å². The van der Waals surface area contributed by atoms with Crippen LogP contribution < -0.4 is 5.32 Å². The van der Waals surface area contributed by atoms with Crippen molar-refractivity contribution in [2.24, 2.45) is 5.92 Å². The molecule has 3 aliphatic rings. The molecule has 2 aliphatic heterocycles. The van der Waals surface area contributed by atoms with E-state index in [2.05, 4.69) is 22.0 Å². The van der Waals surface area contributed by atoms with Crippen LogP contribution in [-0.2, 0) is 0 Å². The van der Waals surface area contributed by atoms with Crippen LogP contribution in [0.25, 0.3) is 0 Å². The molecule has 0 amide bonds. The van der Waals surface area contributed by atoms with Gasteiger partial charge in [-0.25, -0.2) is 0 Å². The van der Waals surface area contributed by atoms with E-state index in [1.54, 1.807) is 0 Å². The molecule has 3 fully saturated rings. The molecule has 20 heavy (non-hydrogen) atoms. The topological polar surface area (TPSA) is 18.5 Å². The fourth-order valence-corrected chi connectivity index (χ4v) is 4.02. The molecule has 1 aliphatic carbocycles. The first-order valence-electron chi connectivity index (χ1n) is 9.05. The largest absolute Gasteiger partial charge is 0.313 e. The summed E-state index contributed by atoms with van der Waals surface area (Å²) in [5, 5.41) is 3.70. The molecule has 0 bridgehead atoms. The van der Waals surface area contributed by atoms with E-state index in [9.17, 15) is 0 Å². The first-order valence-corrected chi connectivity index (χ1v) is 9.05. The number of nitrogens with zero attached hydrogens (tertiary/aromatic N) is 2. The van der Waals surface area contributed by atoms with Gasteiger partial charge in [-0.05, 0) is 77.0 Å². The second kappa shape index (κ2) is 7.24. The summed E-state index contributed by atoms with van der Waals surface area (Å²) in [6, 6.07) is 1.65. The smallest absolute Gasteiger partial charge is 0.0195 e. The highest BCUT2D eigenvalue weighted by atomic mass is 15.2. The van der Waals surface area contributed by atoms with Crippen molar-refractivity contribution in [1.82, 2.24) is 15.1 Å². The summed E-state index contributed by atoms with van der Waals surface area (Å²) in [4.78, 5) is 5.53. The third-order valence-corrected chi connectivity index (χ3v) is 5.42. The maximum Gasteiger partial charge on any atom is 0.0195 e. The highest BCUT2D eigenvalue weighted by molar-refractivity contribution is 4.88. The lowest BCUT2D eigenvalue weighted by Crippen LogP contribution is -2.49. The molecular formula is C17H33N3. The summed E-state index contributed by atoms with van der Waals surface area (Å²) in [7, 11) is 0. The third-order valence-electron chi connectivity index (χ3n) is 5.42. The maximum absolute atomic E-state index is 3.70. The number of hydrogen-bond donors (Lipinski definition) is 1. The van der Waals surface area contributed by atoms with Crippen molar-refractivity contribution in [2.45, 2.75) is 64.0 Å². The summed E-state index contributed by atoms with van der Waals surface area (Å²) in [6.45, 7) is 10.2. The Hall–Kier alpha value is -0.120. The standard InChI is InChI=1S/C17H33N3/c1-2-10-19-11-7-17(8-12-19)20(13-15-5-6-15)14-16-4-3-9-18-16/h15-18H,2-14H2,1H3. The second-order valence-electron chi connectivity index (χ2n) is 7.26. The third kappa shape index (κ3) is 4.19. The van der Waals surface area contributed by atoms with Crippen molar-refractivity contribution in [3.8, 4) is 0 Å². The SMILES string of the molecule is CCCN1CCC(N(CC2CC2)CC2CCCN2)CC1. The molecule has 3 nitrogen and oxygen atoms in total. The number of piperidine rings is 1. The van der Waals surface area contributed by atoms with Gasteiger partial charge in [-0.2, -0.15) is 0 Å². The predicted octanol–water partition coefficient (Wildman–Crippen LogP) is 2.32. The molecule has 116 valence electrons. The Morgan fingerprint density at radius 2 is 1.85 bits per heavy atom. The average molecular weight is 279 g/mol. The molecule has 1 unspecified atom stereocenters. The highest BCUT2D eigenvalue weighted by Gasteiger charge is 2.31. The van der Waals surface area contributed by atoms with Crippen molar-refractivity contribution < 1.29 is 0 Å². The lowest BCUT2D eigenvalue weighted by molar-refractivity contribution is 0.0972. The first-order chi connectivity index (χ1) is 9.85. The summed E-state index contributed by atoms with van der Waals surface area (Å²) in [6.07, 6.45) is 9.88. The van der Waals surface area contributed by atoms with Crippen LogP contribution >= 0.6 is 0 Å². The van der Waals surface area contributed by atoms with Crippen LogP contribution in [0, 0.1) is 5.92 Å². The minimum Gasteiger partial charge on any atom is -0.313 e. The van der Waals surface area contributed by atoms with Gasteiger partial charge in [-0.15, -0.1) is 0 Å². The van der Waals surface area contributed by atoms with Crippen molar-refractivity contribution in [1.29, 1.82) is 0 Å². The minimum atomic E-state index is 0.780. The second-order valence-corrected chi connectivity index (χ2v) is 7.26. The fourth-order valence-electron chi connectivity index (χ4n) is 4.02. The van der Waals surface area contributed by atoms with E-state index in [1.165, 1.54) is 84.2 Å². The van der Waals surface area contributed by atoms with Gasteiger partial charge in [0.1, 0.15) is 0 Å². The normalized spacial score (nSPS) is 29.4. The van der Waals surface area contributed by atoms with E-state index in [-0.39, 0.29) is 0 Å². The molecule has 2 saturated heterocycles. The molecule has 0 spiro atoms. The van der Waals surface area contributed by atoms with Crippen LogP contribution in [0.3, 0.4) is 0 Å². The quantitative estimate of drug-likeness (QED) is 0.771. The van der Waals surface area contributed by atoms with Gasteiger partial charge in [0.15, 0.2) is 0 Å². The highest BCUT2D eigenvalue weighted by Crippen LogP contribution is 2.32. The molecule has 3 heteroatoms. The van der Waals surface area contributed by atoms with Gasteiger partial charge in [0.2, 0.25) is 0 Å². The van der Waals surface area contributed by atoms with Gasteiger partial charge in [-0.3, -0.25) is 4.90 Å². The Kier molecular flexibility index (Phi) is 5.36. The van der Waals surface area contributed by atoms with Gasteiger partial charge in [-0.1, -0.05) is 6.92 Å². The molecule has 0 radical (unpaired) electrons. The molecule has 2 heterocycles. The summed E-state index contributed by atoms with van der Waals surface area (Å²) in [5.74, 6) is 1.03. The Labute approximate surface area is 125 Å². The van der Waals surface area contributed by atoms with E-state index in [1.807, 2.05) is 0 Å². The first kappa shape index (κ1) is 14.8. The fraction of sp³-hybridized carbons (Fsp3) is 1.00. The summed E-state index contributed by atoms with van der Waals surface area (Å²) >= 11 is 0. The van der Waals surface area contributed by atoms with Crippen LogP contribution in [-0.4, -0.2) is 61.2 Å². The van der Waals surface area contributed by atoms with Crippen molar-refractivity contribution >= 4 is 0 Å². The van der Waals surface area contributed by atoms with Crippen LogP contribution in [0.4, 0.5) is 0 Å². The number of rotatable bonds is 7. The Morgan fingerprint density at radius 1 is 1.05 bits per heavy atom. The van der Waals surface area contributed by atoms with E-state index in [4.69, 9.17) is 0 Å². The molecule has 1 atom stereocenters. The molecule has 1 N–H and O–H groups in total. The minimum absolute atomic E-state index is 0.780. The lowest BCUT2D eigenvalue weighted by atomic mass is 10.0. The lowest BCUT2D eigenvalue weighted by Gasteiger charge is -2.39. The van der Waals surface area contributed by atoms with Gasteiger partial charge in [0, 0.05) is 25.2 Å². The van der Waals surface area contributed by atoms with Gasteiger partial charge >= 0.3 is 0 Å². The Bertz CT molecular complexity index is 276. The molecule has 3 rings (SSSR count). The van der Waals surface area contributed by atoms with Crippen LogP contribution in [0.1, 0.15) is 51.9 Å². The predicted molar refractivity (Wildman–Crippen MR) is 85.1 cm³/mol. The molecular weight excluding hydrogens is 246 g/mol.